The number of amides is 1. The minimum absolute atomic E-state index is 0.221. The number of hydrogen-bond donors (Lipinski definition) is 2. The van der Waals surface area contributed by atoms with Gasteiger partial charge in [0.2, 0.25) is 5.91 Å². The molecule has 4 unspecified atom stereocenters. The Kier molecular flexibility index (Phi) is 5.30. The highest BCUT2D eigenvalue weighted by molar-refractivity contribution is 5.73. The number of aliphatic hydroxyl groups is 1. The van der Waals surface area contributed by atoms with E-state index in [2.05, 4.69) is 11.9 Å². The fourth-order valence-electron chi connectivity index (χ4n) is 3.26. The second-order valence-electron chi connectivity index (χ2n) is 6.13. The average Bonchev–Trinajstić information content (AvgIpc) is 2.59. The molecule has 0 spiro atoms. The van der Waals surface area contributed by atoms with Gasteiger partial charge in [0.05, 0.1) is 18.8 Å². The summed E-state index contributed by atoms with van der Waals surface area (Å²) in [6.45, 7) is 5.45. The zero-order chi connectivity index (χ0) is 17.1. The summed E-state index contributed by atoms with van der Waals surface area (Å²) < 4.78 is 17.7. The highest BCUT2D eigenvalue weighted by atomic mass is 16.7. The number of carbonyl (C=O) groups is 1. The molecule has 3 rings (SSSR count). The molecule has 0 radical (unpaired) electrons. The summed E-state index contributed by atoms with van der Waals surface area (Å²) in [6, 6.07) is 9.00. The number of carbonyl (C=O) groups excluding carboxylic acids is 1. The smallest absolute Gasteiger partial charge is 0.217 e. The van der Waals surface area contributed by atoms with Gasteiger partial charge in [-0.05, 0) is 6.42 Å². The van der Waals surface area contributed by atoms with Crippen LogP contribution in [0, 0.1) is 0 Å². The summed E-state index contributed by atoms with van der Waals surface area (Å²) in [6.07, 6.45) is -0.510. The van der Waals surface area contributed by atoms with Gasteiger partial charge in [-0.25, -0.2) is 0 Å². The maximum absolute atomic E-state index is 11.5. The van der Waals surface area contributed by atoms with Crippen LogP contribution in [-0.4, -0.2) is 48.1 Å². The molecular formula is C18H23NO5. The van der Waals surface area contributed by atoms with Gasteiger partial charge in [-0.2, -0.15) is 0 Å². The van der Waals surface area contributed by atoms with Gasteiger partial charge in [0, 0.05) is 12.5 Å². The van der Waals surface area contributed by atoms with Crippen LogP contribution in [0.3, 0.4) is 0 Å². The van der Waals surface area contributed by atoms with Crippen molar-refractivity contribution in [1.82, 2.24) is 5.32 Å². The zero-order valence-corrected chi connectivity index (χ0v) is 13.6. The van der Waals surface area contributed by atoms with Gasteiger partial charge in [0.1, 0.15) is 18.3 Å². The third-order valence-corrected chi connectivity index (χ3v) is 4.35. The normalized spacial score (nSPS) is 35.8. The minimum atomic E-state index is -0.882. The fraction of sp³-hybridized carbons (Fsp3) is 0.500. The Morgan fingerprint density at radius 1 is 1.38 bits per heavy atom. The van der Waals surface area contributed by atoms with Crippen LogP contribution in [0.1, 0.15) is 25.2 Å². The van der Waals surface area contributed by atoms with E-state index >= 15 is 0 Å². The van der Waals surface area contributed by atoms with E-state index in [1.165, 1.54) is 6.92 Å². The third kappa shape index (κ3) is 3.52. The first-order valence-corrected chi connectivity index (χ1v) is 8.13. The fourth-order valence-corrected chi connectivity index (χ4v) is 3.26. The molecule has 1 aromatic carbocycles. The standard InChI is InChI=1S/C18H23NO5/c1-3-7-13-15(19-11(2)20)16(21)17-14(23-13)10-22-18(24-17)12-8-5-4-6-9-12/h3-6,8-9,13-18,21H,1,7,10H2,2H3,(H,19,20)/t13-,14?,15?,16?,17-,18?/m1/s1. The number of hydrogen-bond acceptors (Lipinski definition) is 5. The van der Waals surface area contributed by atoms with Crippen molar-refractivity contribution >= 4 is 5.91 Å². The Hall–Kier alpha value is -1.73. The summed E-state index contributed by atoms with van der Waals surface area (Å²) in [7, 11) is 0. The molecule has 0 bridgehead atoms. The van der Waals surface area contributed by atoms with Crippen LogP contribution in [0.15, 0.2) is 43.0 Å². The van der Waals surface area contributed by atoms with E-state index in [4.69, 9.17) is 14.2 Å². The van der Waals surface area contributed by atoms with Crippen molar-refractivity contribution < 1.29 is 24.1 Å². The molecular weight excluding hydrogens is 310 g/mol. The molecule has 2 fully saturated rings. The van der Waals surface area contributed by atoms with E-state index in [9.17, 15) is 9.90 Å². The first-order chi connectivity index (χ1) is 11.6. The van der Waals surface area contributed by atoms with Gasteiger partial charge in [0.25, 0.3) is 0 Å². The lowest BCUT2D eigenvalue weighted by atomic mass is 9.90. The molecule has 0 aromatic heterocycles. The quantitative estimate of drug-likeness (QED) is 0.813. The molecule has 0 aliphatic carbocycles. The monoisotopic (exact) mass is 333 g/mol. The number of rotatable bonds is 4. The SMILES string of the molecule is C=CC[C@H]1OC2COC(c3ccccc3)O[C@H]2C(O)C1NC(C)=O. The highest BCUT2D eigenvalue weighted by Gasteiger charge is 2.49. The van der Waals surface area contributed by atoms with Gasteiger partial charge in [0.15, 0.2) is 6.29 Å². The van der Waals surface area contributed by atoms with E-state index < -0.39 is 24.5 Å². The second kappa shape index (κ2) is 7.44. The van der Waals surface area contributed by atoms with Crippen LogP contribution < -0.4 is 5.32 Å². The molecule has 0 saturated carbocycles. The van der Waals surface area contributed by atoms with Crippen molar-refractivity contribution in [2.24, 2.45) is 0 Å². The van der Waals surface area contributed by atoms with Gasteiger partial charge in [-0.15, -0.1) is 6.58 Å². The molecule has 6 atom stereocenters. The molecule has 24 heavy (non-hydrogen) atoms. The van der Waals surface area contributed by atoms with Crippen molar-refractivity contribution in [3.8, 4) is 0 Å². The van der Waals surface area contributed by atoms with Crippen LogP contribution in [0.2, 0.25) is 0 Å². The van der Waals surface area contributed by atoms with Gasteiger partial charge in [-0.3, -0.25) is 4.79 Å². The molecule has 6 heteroatoms. The van der Waals surface area contributed by atoms with Gasteiger partial charge >= 0.3 is 0 Å². The summed E-state index contributed by atoms with van der Waals surface area (Å²) >= 11 is 0. The van der Waals surface area contributed by atoms with Gasteiger partial charge in [-0.1, -0.05) is 36.4 Å². The lowest BCUT2D eigenvalue weighted by Gasteiger charge is -2.48. The van der Waals surface area contributed by atoms with Crippen molar-refractivity contribution in [3.63, 3.8) is 0 Å². The number of aliphatic hydroxyl groups excluding tert-OH is 1. The number of nitrogens with one attached hydrogen (secondary N) is 1. The van der Waals surface area contributed by atoms with Crippen LogP contribution in [0.25, 0.3) is 0 Å². The Bertz CT molecular complexity index is 578. The second-order valence-corrected chi connectivity index (χ2v) is 6.13. The van der Waals surface area contributed by atoms with Crippen molar-refractivity contribution in [2.45, 2.75) is 50.1 Å². The lowest BCUT2D eigenvalue weighted by molar-refractivity contribution is -0.314. The first-order valence-electron chi connectivity index (χ1n) is 8.13. The minimum Gasteiger partial charge on any atom is -0.388 e. The van der Waals surface area contributed by atoms with Crippen LogP contribution in [0.5, 0.6) is 0 Å². The number of ether oxygens (including phenoxy) is 3. The Balaban J connectivity index is 1.77. The zero-order valence-electron chi connectivity index (χ0n) is 13.6. The maximum Gasteiger partial charge on any atom is 0.217 e. The van der Waals surface area contributed by atoms with Crippen molar-refractivity contribution in [1.29, 1.82) is 0 Å². The predicted molar refractivity (Wildman–Crippen MR) is 87.1 cm³/mol. The van der Waals surface area contributed by atoms with Crippen LogP contribution in [-0.2, 0) is 19.0 Å². The molecule has 1 amide bonds. The Morgan fingerprint density at radius 2 is 2.12 bits per heavy atom. The van der Waals surface area contributed by atoms with Crippen LogP contribution >= 0.6 is 0 Å². The van der Waals surface area contributed by atoms with E-state index in [0.29, 0.717) is 13.0 Å². The largest absolute Gasteiger partial charge is 0.388 e. The molecule has 2 saturated heterocycles. The lowest BCUT2D eigenvalue weighted by Crippen LogP contribution is -2.66. The molecule has 1 aromatic rings. The summed E-state index contributed by atoms with van der Waals surface area (Å²) in [5.74, 6) is -0.221. The number of benzene rings is 1. The van der Waals surface area contributed by atoms with Crippen molar-refractivity contribution in [2.75, 3.05) is 6.61 Å². The van der Waals surface area contributed by atoms with Gasteiger partial charge < -0.3 is 24.6 Å². The van der Waals surface area contributed by atoms with Crippen LogP contribution in [0.4, 0.5) is 0 Å². The molecule has 2 aliphatic rings. The molecule has 2 aliphatic heterocycles. The van der Waals surface area contributed by atoms with E-state index in [1.807, 2.05) is 30.3 Å². The molecule has 2 N–H and O–H groups in total. The maximum atomic E-state index is 11.5. The molecule has 6 nitrogen and oxygen atoms in total. The topological polar surface area (TPSA) is 77.0 Å². The summed E-state index contributed by atoms with van der Waals surface area (Å²) in [4.78, 5) is 11.5. The molecule has 130 valence electrons. The Labute approximate surface area is 141 Å². The molecule has 2 heterocycles. The number of fused-ring (bicyclic) bond motifs is 1. The van der Waals surface area contributed by atoms with E-state index in [0.717, 1.165) is 5.56 Å². The van der Waals surface area contributed by atoms with E-state index in [1.54, 1.807) is 6.08 Å². The van der Waals surface area contributed by atoms with E-state index in [-0.39, 0.29) is 18.1 Å². The predicted octanol–water partition coefficient (Wildman–Crippen LogP) is 1.31. The summed E-state index contributed by atoms with van der Waals surface area (Å²) in [5.41, 5.74) is 0.882. The first kappa shape index (κ1) is 17.1. The Morgan fingerprint density at radius 3 is 2.79 bits per heavy atom. The third-order valence-electron chi connectivity index (χ3n) is 4.35. The average molecular weight is 333 g/mol. The summed E-state index contributed by atoms with van der Waals surface area (Å²) in [5, 5.41) is 13.5. The van der Waals surface area contributed by atoms with Crippen molar-refractivity contribution in [3.05, 3.63) is 48.6 Å². The highest BCUT2D eigenvalue weighted by Crippen LogP contribution is 2.34.